The van der Waals surface area contributed by atoms with Gasteiger partial charge in [-0.15, -0.1) is 0 Å². The molecular weight excluding hydrogens is 322 g/mol. The minimum Gasteiger partial charge on any atom is -0.310 e. The van der Waals surface area contributed by atoms with Gasteiger partial charge < -0.3 is 5.32 Å². The zero-order valence-corrected chi connectivity index (χ0v) is 14.7. The van der Waals surface area contributed by atoms with Gasteiger partial charge in [-0.3, -0.25) is 0 Å². The van der Waals surface area contributed by atoms with Gasteiger partial charge in [0.1, 0.15) is 0 Å². The van der Waals surface area contributed by atoms with Crippen molar-refractivity contribution in [2.45, 2.75) is 39.7 Å². The van der Waals surface area contributed by atoms with Gasteiger partial charge in [0.25, 0.3) is 0 Å². The Morgan fingerprint density at radius 1 is 1.05 bits per heavy atom. The van der Waals surface area contributed by atoms with Gasteiger partial charge in [0.15, 0.2) is 0 Å². The first-order valence-electron chi connectivity index (χ1n) is 7.64. The average Bonchev–Trinajstić information content (AvgIpc) is 2.42. The molecule has 0 aliphatic carbocycles. The van der Waals surface area contributed by atoms with Crippen molar-refractivity contribution >= 4 is 15.9 Å². The molecule has 0 saturated heterocycles. The third-order valence-electron chi connectivity index (χ3n) is 3.61. The zero-order chi connectivity index (χ0) is 15.2. The van der Waals surface area contributed by atoms with E-state index in [1.165, 1.54) is 22.3 Å². The van der Waals surface area contributed by atoms with Crippen molar-refractivity contribution < 1.29 is 0 Å². The monoisotopic (exact) mass is 345 g/mol. The number of hydrogen-bond donors (Lipinski definition) is 1. The molecule has 0 amide bonds. The van der Waals surface area contributed by atoms with Crippen LogP contribution < -0.4 is 5.32 Å². The lowest BCUT2D eigenvalue weighted by molar-refractivity contribution is 0.529. The van der Waals surface area contributed by atoms with Gasteiger partial charge in [-0.25, -0.2) is 0 Å². The summed E-state index contributed by atoms with van der Waals surface area (Å²) in [4.78, 5) is 0. The van der Waals surface area contributed by atoms with Crippen LogP contribution in [-0.2, 0) is 6.42 Å². The zero-order valence-electron chi connectivity index (χ0n) is 13.1. The predicted molar refractivity (Wildman–Crippen MR) is 94.8 cm³/mol. The Balaban J connectivity index is 2.23. The lowest BCUT2D eigenvalue weighted by atomic mass is 9.96. The lowest BCUT2D eigenvalue weighted by Crippen LogP contribution is -2.24. The maximum absolute atomic E-state index is 3.68. The van der Waals surface area contributed by atoms with Gasteiger partial charge in [-0.05, 0) is 56.5 Å². The van der Waals surface area contributed by atoms with Crippen LogP contribution in [0.25, 0.3) is 0 Å². The molecule has 112 valence electrons. The molecule has 0 aliphatic rings. The number of nitrogens with one attached hydrogen (secondary N) is 1. The van der Waals surface area contributed by atoms with E-state index in [4.69, 9.17) is 0 Å². The maximum atomic E-state index is 3.68. The van der Waals surface area contributed by atoms with Gasteiger partial charge in [0, 0.05) is 10.5 Å². The highest BCUT2D eigenvalue weighted by atomic mass is 79.9. The first-order chi connectivity index (χ1) is 10.1. The summed E-state index contributed by atoms with van der Waals surface area (Å²) in [6, 6.07) is 15.8. The minimum atomic E-state index is 0.364. The molecule has 0 radical (unpaired) electrons. The van der Waals surface area contributed by atoms with Crippen LogP contribution >= 0.6 is 15.9 Å². The molecular formula is C19H24BrN. The summed E-state index contributed by atoms with van der Waals surface area (Å²) in [5, 5.41) is 3.68. The third kappa shape index (κ3) is 4.98. The highest BCUT2D eigenvalue weighted by molar-refractivity contribution is 9.10. The largest absolute Gasteiger partial charge is 0.310 e. The highest BCUT2D eigenvalue weighted by Gasteiger charge is 2.12. The first kappa shape index (κ1) is 16.3. The summed E-state index contributed by atoms with van der Waals surface area (Å²) in [7, 11) is 0. The third-order valence-corrected chi connectivity index (χ3v) is 4.11. The van der Waals surface area contributed by atoms with E-state index in [2.05, 4.69) is 84.5 Å². The standard InChI is InChI=1S/C19H24BrN/c1-4-8-21-19(17-6-5-7-18(20)13-17)12-16-10-14(2)9-15(3)11-16/h5-7,9-11,13,19,21H,4,8,12H2,1-3H3. The first-order valence-corrected chi connectivity index (χ1v) is 8.44. The summed E-state index contributed by atoms with van der Waals surface area (Å²) in [6.45, 7) is 7.60. The molecule has 2 rings (SSSR count). The van der Waals surface area contributed by atoms with Gasteiger partial charge in [-0.1, -0.05) is 64.3 Å². The SMILES string of the molecule is CCCNC(Cc1cc(C)cc(C)c1)c1cccc(Br)c1. The fourth-order valence-electron chi connectivity index (χ4n) is 2.77. The van der Waals surface area contributed by atoms with Crippen LogP contribution in [0.4, 0.5) is 0 Å². The Morgan fingerprint density at radius 3 is 2.38 bits per heavy atom. The van der Waals surface area contributed by atoms with Gasteiger partial charge in [0.2, 0.25) is 0 Å². The molecule has 0 bridgehead atoms. The van der Waals surface area contributed by atoms with Gasteiger partial charge >= 0.3 is 0 Å². The molecule has 2 aromatic rings. The van der Waals surface area contributed by atoms with Crippen molar-refractivity contribution in [3.8, 4) is 0 Å². The highest BCUT2D eigenvalue weighted by Crippen LogP contribution is 2.23. The van der Waals surface area contributed by atoms with Crippen molar-refractivity contribution in [3.05, 3.63) is 69.2 Å². The fourth-order valence-corrected chi connectivity index (χ4v) is 3.19. The average molecular weight is 346 g/mol. The lowest BCUT2D eigenvalue weighted by Gasteiger charge is -2.20. The number of benzene rings is 2. The van der Waals surface area contributed by atoms with E-state index in [1.807, 2.05) is 0 Å². The van der Waals surface area contributed by atoms with Crippen LogP contribution in [0.5, 0.6) is 0 Å². The maximum Gasteiger partial charge on any atom is 0.0361 e. The van der Waals surface area contributed by atoms with Gasteiger partial charge in [-0.2, -0.15) is 0 Å². The Kier molecular flexibility index (Phi) is 6.01. The van der Waals surface area contributed by atoms with E-state index in [-0.39, 0.29) is 0 Å². The molecule has 1 atom stereocenters. The smallest absolute Gasteiger partial charge is 0.0361 e. The minimum absolute atomic E-state index is 0.364. The number of aryl methyl sites for hydroxylation is 2. The molecule has 0 saturated carbocycles. The second-order valence-corrected chi connectivity index (χ2v) is 6.68. The molecule has 0 aliphatic heterocycles. The quantitative estimate of drug-likeness (QED) is 0.743. The molecule has 0 aromatic heterocycles. The molecule has 2 heteroatoms. The second-order valence-electron chi connectivity index (χ2n) is 5.76. The van der Waals surface area contributed by atoms with Crippen LogP contribution in [0.15, 0.2) is 46.9 Å². The van der Waals surface area contributed by atoms with Crippen LogP contribution in [0.3, 0.4) is 0 Å². The molecule has 0 spiro atoms. The molecule has 2 aromatic carbocycles. The molecule has 1 N–H and O–H groups in total. The van der Waals surface area contributed by atoms with E-state index in [9.17, 15) is 0 Å². The molecule has 0 heterocycles. The fraction of sp³-hybridized carbons (Fsp3) is 0.368. The van der Waals surface area contributed by atoms with Crippen LogP contribution in [-0.4, -0.2) is 6.54 Å². The Labute approximate surface area is 136 Å². The second kappa shape index (κ2) is 7.77. The molecule has 1 nitrogen and oxygen atoms in total. The van der Waals surface area contributed by atoms with E-state index in [0.717, 1.165) is 23.9 Å². The van der Waals surface area contributed by atoms with Crippen LogP contribution in [0.1, 0.15) is 41.6 Å². The Hall–Kier alpha value is -1.12. The van der Waals surface area contributed by atoms with Crippen molar-refractivity contribution in [1.29, 1.82) is 0 Å². The Bertz CT molecular complexity index is 572. The van der Waals surface area contributed by atoms with Gasteiger partial charge in [0.05, 0.1) is 0 Å². The summed E-state index contributed by atoms with van der Waals surface area (Å²) >= 11 is 3.58. The summed E-state index contributed by atoms with van der Waals surface area (Å²) in [5.41, 5.74) is 5.43. The summed E-state index contributed by atoms with van der Waals surface area (Å²) < 4.78 is 1.14. The molecule has 1 unspecified atom stereocenters. The normalized spacial score (nSPS) is 12.4. The van der Waals surface area contributed by atoms with Crippen molar-refractivity contribution in [2.24, 2.45) is 0 Å². The molecule has 21 heavy (non-hydrogen) atoms. The van der Waals surface area contributed by atoms with E-state index >= 15 is 0 Å². The number of hydrogen-bond acceptors (Lipinski definition) is 1. The van der Waals surface area contributed by atoms with E-state index in [0.29, 0.717) is 6.04 Å². The van der Waals surface area contributed by atoms with Crippen molar-refractivity contribution in [3.63, 3.8) is 0 Å². The number of halogens is 1. The van der Waals surface area contributed by atoms with Crippen molar-refractivity contribution in [1.82, 2.24) is 5.32 Å². The summed E-state index contributed by atoms with van der Waals surface area (Å²) in [6.07, 6.45) is 2.18. The summed E-state index contributed by atoms with van der Waals surface area (Å²) in [5.74, 6) is 0. The van der Waals surface area contributed by atoms with Crippen molar-refractivity contribution in [2.75, 3.05) is 6.54 Å². The van der Waals surface area contributed by atoms with Crippen LogP contribution in [0, 0.1) is 13.8 Å². The Morgan fingerprint density at radius 2 is 1.76 bits per heavy atom. The topological polar surface area (TPSA) is 12.0 Å². The van der Waals surface area contributed by atoms with Crippen LogP contribution in [0.2, 0.25) is 0 Å². The molecule has 0 fully saturated rings. The predicted octanol–water partition coefficient (Wildman–Crippen LogP) is 5.35. The van der Waals surface area contributed by atoms with E-state index < -0.39 is 0 Å². The number of rotatable bonds is 6. The van der Waals surface area contributed by atoms with E-state index in [1.54, 1.807) is 0 Å².